The number of nitrogens with one attached hydrogen (secondary N) is 1. The fourth-order valence-corrected chi connectivity index (χ4v) is 2.39. The Morgan fingerprint density at radius 3 is 2.83 bits per heavy atom. The molecule has 0 radical (unpaired) electrons. The molecule has 0 unspecified atom stereocenters. The number of hydrogen-bond acceptors (Lipinski definition) is 2. The van der Waals surface area contributed by atoms with Gasteiger partial charge in [0.2, 0.25) is 0 Å². The second kappa shape index (κ2) is 3.53. The zero-order chi connectivity index (χ0) is 12.9. The van der Waals surface area contributed by atoms with Crippen molar-refractivity contribution in [2.24, 2.45) is 7.05 Å². The van der Waals surface area contributed by atoms with Gasteiger partial charge in [0.15, 0.2) is 0 Å². The van der Waals surface area contributed by atoms with Gasteiger partial charge >= 0.3 is 5.97 Å². The summed E-state index contributed by atoms with van der Waals surface area (Å²) in [5, 5.41) is 10.9. The van der Waals surface area contributed by atoms with Gasteiger partial charge in [-0.05, 0) is 12.1 Å². The minimum Gasteiger partial charge on any atom is -0.495 e. The maximum atomic E-state index is 11.0. The Morgan fingerprint density at radius 1 is 1.39 bits per heavy atom. The first kappa shape index (κ1) is 10.7. The molecule has 0 atom stereocenters. The van der Waals surface area contributed by atoms with E-state index in [-0.39, 0.29) is 5.69 Å². The van der Waals surface area contributed by atoms with E-state index in [0.29, 0.717) is 0 Å². The van der Waals surface area contributed by atoms with Crippen LogP contribution < -0.4 is 4.74 Å². The van der Waals surface area contributed by atoms with Crippen molar-refractivity contribution in [3.05, 3.63) is 30.0 Å². The van der Waals surface area contributed by atoms with Crippen molar-refractivity contribution in [1.82, 2.24) is 9.55 Å². The zero-order valence-electron chi connectivity index (χ0n) is 10.0. The summed E-state index contributed by atoms with van der Waals surface area (Å²) in [4.78, 5) is 13.9. The molecule has 5 nitrogen and oxygen atoms in total. The van der Waals surface area contributed by atoms with E-state index in [4.69, 9.17) is 9.84 Å². The number of carboxylic acids is 1. The third-order valence-corrected chi connectivity index (χ3v) is 3.21. The number of carbonyl (C=O) groups is 1. The van der Waals surface area contributed by atoms with Crippen LogP contribution in [-0.4, -0.2) is 27.7 Å². The number of aromatic nitrogens is 2. The van der Waals surface area contributed by atoms with Gasteiger partial charge in [0, 0.05) is 17.8 Å². The Balaban J connectivity index is 2.46. The molecule has 0 aliphatic heterocycles. The van der Waals surface area contributed by atoms with Gasteiger partial charge in [-0.15, -0.1) is 0 Å². The number of hydrogen-bond donors (Lipinski definition) is 2. The lowest BCUT2D eigenvalue weighted by atomic mass is 10.2. The smallest absolute Gasteiger partial charge is 0.352 e. The summed E-state index contributed by atoms with van der Waals surface area (Å²) in [6.45, 7) is 0. The number of benzene rings is 1. The zero-order valence-corrected chi connectivity index (χ0v) is 10.0. The lowest BCUT2D eigenvalue weighted by Gasteiger charge is -2.04. The summed E-state index contributed by atoms with van der Waals surface area (Å²) in [5.41, 5.74) is 1.94. The fourth-order valence-electron chi connectivity index (χ4n) is 2.39. The van der Waals surface area contributed by atoms with Gasteiger partial charge in [-0.1, -0.05) is 12.1 Å². The highest BCUT2D eigenvalue weighted by Crippen LogP contribution is 2.34. The number of para-hydroxylation sites is 1. The summed E-state index contributed by atoms with van der Waals surface area (Å²) in [6, 6.07) is 7.40. The summed E-state index contributed by atoms with van der Waals surface area (Å²) >= 11 is 0. The number of ether oxygens (including phenoxy) is 1. The van der Waals surface area contributed by atoms with Crippen LogP contribution in [0.15, 0.2) is 24.3 Å². The van der Waals surface area contributed by atoms with Crippen LogP contribution in [0.5, 0.6) is 5.75 Å². The Bertz CT molecular complexity index is 767. The number of aryl methyl sites for hydroxylation is 1. The van der Waals surface area contributed by atoms with E-state index in [1.165, 1.54) is 0 Å². The quantitative estimate of drug-likeness (QED) is 0.727. The summed E-state index contributed by atoms with van der Waals surface area (Å²) in [6.07, 6.45) is 0. The number of rotatable bonds is 2. The number of aromatic carboxylic acids is 1. The number of methoxy groups -OCH3 is 1. The maximum absolute atomic E-state index is 11.0. The molecule has 0 saturated carbocycles. The summed E-state index contributed by atoms with van der Waals surface area (Å²) < 4.78 is 7.25. The first-order valence-corrected chi connectivity index (χ1v) is 5.51. The lowest BCUT2D eigenvalue weighted by molar-refractivity contribution is 0.0691. The van der Waals surface area contributed by atoms with E-state index >= 15 is 0 Å². The van der Waals surface area contributed by atoms with Crippen LogP contribution in [0.2, 0.25) is 0 Å². The van der Waals surface area contributed by atoms with Crippen molar-refractivity contribution in [3.63, 3.8) is 0 Å². The molecular formula is C13H12N2O3. The van der Waals surface area contributed by atoms with Gasteiger partial charge in [0.1, 0.15) is 17.1 Å². The lowest BCUT2D eigenvalue weighted by Crippen LogP contribution is -1.97. The van der Waals surface area contributed by atoms with Crippen molar-refractivity contribution in [2.75, 3.05) is 7.11 Å². The van der Waals surface area contributed by atoms with Crippen molar-refractivity contribution < 1.29 is 14.6 Å². The SMILES string of the molecule is COc1cccc2c3cc(C(=O)O)[nH]c3n(C)c12. The second-order valence-electron chi connectivity index (χ2n) is 4.17. The van der Waals surface area contributed by atoms with Crippen LogP contribution in [-0.2, 0) is 7.05 Å². The van der Waals surface area contributed by atoms with Crippen molar-refractivity contribution in [2.45, 2.75) is 0 Å². The Hall–Kier alpha value is -2.43. The van der Waals surface area contributed by atoms with Crippen LogP contribution in [0, 0.1) is 0 Å². The van der Waals surface area contributed by atoms with Gasteiger partial charge < -0.3 is 19.4 Å². The van der Waals surface area contributed by atoms with Crippen LogP contribution in [0.1, 0.15) is 10.5 Å². The molecule has 0 saturated heterocycles. The van der Waals surface area contributed by atoms with E-state index in [2.05, 4.69) is 4.98 Å². The molecule has 92 valence electrons. The fraction of sp³-hybridized carbons (Fsp3) is 0.154. The molecular weight excluding hydrogens is 232 g/mol. The standard InChI is InChI=1S/C13H12N2O3/c1-15-11-7(4-3-5-10(11)18-2)8-6-9(13(16)17)14-12(8)15/h3-6,14H,1-2H3,(H,16,17). The number of aromatic amines is 1. The molecule has 2 N–H and O–H groups in total. The van der Waals surface area contributed by atoms with Gasteiger partial charge in [-0.25, -0.2) is 4.79 Å². The van der Waals surface area contributed by atoms with E-state index in [1.54, 1.807) is 13.2 Å². The van der Waals surface area contributed by atoms with Gasteiger partial charge in [-0.2, -0.15) is 0 Å². The topological polar surface area (TPSA) is 67.2 Å². The van der Waals surface area contributed by atoms with E-state index in [1.807, 2.05) is 29.8 Å². The predicted molar refractivity (Wildman–Crippen MR) is 68.3 cm³/mol. The molecule has 18 heavy (non-hydrogen) atoms. The molecule has 3 rings (SSSR count). The van der Waals surface area contributed by atoms with Crippen molar-refractivity contribution in [3.8, 4) is 5.75 Å². The predicted octanol–water partition coefficient (Wildman–Crippen LogP) is 2.37. The molecule has 2 heterocycles. The highest BCUT2D eigenvalue weighted by Gasteiger charge is 2.16. The molecule has 0 aliphatic carbocycles. The Morgan fingerprint density at radius 2 is 2.17 bits per heavy atom. The van der Waals surface area contributed by atoms with E-state index in [9.17, 15) is 4.79 Å². The third kappa shape index (κ3) is 1.24. The van der Waals surface area contributed by atoms with Crippen LogP contribution >= 0.6 is 0 Å². The largest absolute Gasteiger partial charge is 0.495 e. The van der Waals surface area contributed by atoms with Crippen LogP contribution in [0.25, 0.3) is 21.9 Å². The monoisotopic (exact) mass is 244 g/mol. The normalized spacial score (nSPS) is 11.2. The molecule has 3 aromatic rings. The number of nitrogens with zero attached hydrogens (tertiary/aromatic N) is 1. The van der Waals surface area contributed by atoms with E-state index < -0.39 is 5.97 Å². The number of fused-ring (bicyclic) bond motifs is 3. The molecule has 5 heteroatoms. The highest BCUT2D eigenvalue weighted by molar-refractivity contribution is 6.11. The molecule has 1 aromatic carbocycles. The number of carboxylic acid groups (broad SMARTS) is 1. The van der Waals surface area contributed by atoms with Crippen molar-refractivity contribution in [1.29, 1.82) is 0 Å². The minimum atomic E-state index is -0.956. The average molecular weight is 244 g/mol. The van der Waals surface area contributed by atoms with Crippen LogP contribution in [0.3, 0.4) is 0 Å². The highest BCUT2D eigenvalue weighted by atomic mass is 16.5. The summed E-state index contributed by atoms with van der Waals surface area (Å²) in [7, 11) is 3.51. The maximum Gasteiger partial charge on any atom is 0.352 e. The molecule has 2 aromatic heterocycles. The summed E-state index contributed by atoms with van der Waals surface area (Å²) in [5.74, 6) is -0.182. The van der Waals surface area contributed by atoms with Crippen molar-refractivity contribution >= 4 is 27.9 Å². The number of H-pyrrole nitrogens is 1. The molecule has 0 amide bonds. The second-order valence-corrected chi connectivity index (χ2v) is 4.17. The minimum absolute atomic E-state index is 0.195. The molecule has 0 aliphatic rings. The molecule has 0 bridgehead atoms. The van der Waals surface area contributed by atoms with Gasteiger partial charge in [0.25, 0.3) is 0 Å². The third-order valence-electron chi connectivity index (χ3n) is 3.21. The Kier molecular flexibility index (Phi) is 2.10. The average Bonchev–Trinajstić information content (AvgIpc) is 2.90. The van der Waals surface area contributed by atoms with Gasteiger partial charge in [-0.3, -0.25) is 0 Å². The van der Waals surface area contributed by atoms with Crippen LogP contribution in [0.4, 0.5) is 0 Å². The molecule has 0 fully saturated rings. The first-order valence-electron chi connectivity index (χ1n) is 5.51. The Labute approximate surface area is 103 Å². The molecule has 0 spiro atoms. The first-order chi connectivity index (χ1) is 8.63. The van der Waals surface area contributed by atoms with Gasteiger partial charge in [0.05, 0.1) is 12.6 Å². The van der Waals surface area contributed by atoms with E-state index in [0.717, 1.165) is 27.7 Å².